The first-order valence-electron chi connectivity index (χ1n) is 7.56. The summed E-state index contributed by atoms with van der Waals surface area (Å²) in [5, 5.41) is 1.52. The molecule has 116 valence electrons. The predicted molar refractivity (Wildman–Crippen MR) is 98.6 cm³/mol. The van der Waals surface area contributed by atoms with E-state index in [1.54, 1.807) is 0 Å². The monoisotopic (exact) mass is 333 g/mol. The summed E-state index contributed by atoms with van der Waals surface area (Å²) in [6.45, 7) is 7.35. The van der Waals surface area contributed by atoms with Crippen LogP contribution in [0.1, 0.15) is 25.0 Å². The van der Waals surface area contributed by atoms with Crippen LogP contribution >= 0.6 is 23.2 Å². The summed E-state index contributed by atoms with van der Waals surface area (Å²) < 4.78 is 0. The Morgan fingerprint density at radius 3 is 1.86 bits per heavy atom. The van der Waals surface area contributed by atoms with Gasteiger partial charge in [-0.3, -0.25) is 4.90 Å². The Kier molecular flexibility index (Phi) is 6.50. The Labute approximate surface area is 143 Å². The van der Waals surface area contributed by atoms with Crippen molar-refractivity contribution < 1.29 is 0 Å². The molecule has 0 spiro atoms. The van der Waals surface area contributed by atoms with Crippen LogP contribution < -0.4 is 0 Å². The third-order valence-corrected chi connectivity index (χ3v) is 4.22. The van der Waals surface area contributed by atoms with Crippen molar-refractivity contribution in [3.63, 3.8) is 0 Å². The van der Waals surface area contributed by atoms with Crippen molar-refractivity contribution in [1.82, 2.24) is 4.90 Å². The summed E-state index contributed by atoms with van der Waals surface area (Å²) in [6.07, 6.45) is 2.22. The summed E-state index contributed by atoms with van der Waals surface area (Å²) in [7, 11) is 0. The number of likely N-dealkylation sites (N-methyl/N-ethyl adjacent to an activating group) is 1. The first-order chi connectivity index (χ1) is 10.6. The van der Waals surface area contributed by atoms with Gasteiger partial charge in [0.15, 0.2) is 0 Å². The molecule has 0 saturated carbocycles. The molecule has 0 unspecified atom stereocenters. The molecule has 0 aromatic heterocycles. The fraction of sp³-hybridized carbons (Fsp3) is 0.263. The molecule has 2 aromatic rings. The van der Waals surface area contributed by atoms with Crippen LogP contribution in [0.2, 0.25) is 10.0 Å². The zero-order valence-electron chi connectivity index (χ0n) is 13.0. The van der Waals surface area contributed by atoms with Gasteiger partial charge < -0.3 is 0 Å². The van der Waals surface area contributed by atoms with Gasteiger partial charge in [-0.25, -0.2) is 0 Å². The lowest BCUT2D eigenvalue weighted by molar-refractivity contribution is 0.342. The molecule has 0 saturated heterocycles. The van der Waals surface area contributed by atoms with Crippen LogP contribution in [0.25, 0.3) is 11.6 Å². The van der Waals surface area contributed by atoms with Crippen molar-refractivity contribution in [2.75, 3.05) is 19.6 Å². The molecule has 0 bridgehead atoms. The summed E-state index contributed by atoms with van der Waals surface area (Å²) >= 11 is 12.0. The van der Waals surface area contributed by atoms with Crippen LogP contribution in [0.15, 0.2) is 48.5 Å². The van der Waals surface area contributed by atoms with Crippen molar-refractivity contribution in [1.29, 1.82) is 0 Å². The van der Waals surface area contributed by atoms with E-state index in [-0.39, 0.29) is 0 Å². The summed E-state index contributed by atoms with van der Waals surface area (Å²) in [5.74, 6) is 0. The lowest BCUT2D eigenvalue weighted by Gasteiger charge is -2.20. The van der Waals surface area contributed by atoms with Gasteiger partial charge in [0.2, 0.25) is 0 Å². The first kappa shape index (κ1) is 17.1. The maximum atomic E-state index is 6.01. The molecule has 0 heterocycles. The Morgan fingerprint density at radius 2 is 1.36 bits per heavy atom. The summed E-state index contributed by atoms with van der Waals surface area (Å²) in [6, 6.07) is 16.0. The van der Waals surface area contributed by atoms with Gasteiger partial charge in [-0.1, -0.05) is 61.3 Å². The molecule has 2 aromatic carbocycles. The van der Waals surface area contributed by atoms with Crippen molar-refractivity contribution >= 4 is 34.9 Å². The molecule has 0 fully saturated rings. The number of nitrogens with zero attached hydrogens (tertiary/aromatic N) is 1. The zero-order valence-corrected chi connectivity index (χ0v) is 14.5. The number of rotatable bonds is 6. The summed E-state index contributed by atoms with van der Waals surface area (Å²) in [5.41, 5.74) is 3.63. The molecule has 2 rings (SSSR count). The van der Waals surface area contributed by atoms with Crippen molar-refractivity contribution in [3.05, 3.63) is 69.7 Å². The molecule has 0 aliphatic rings. The van der Waals surface area contributed by atoms with Crippen LogP contribution in [0.5, 0.6) is 0 Å². The molecular formula is C19H21Cl2N. The van der Waals surface area contributed by atoms with E-state index in [9.17, 15) is 0 Å². The van der Waals surface area contributed by atoms with Gasteiger partial charge >= 0.3 is 0 Å². The highest BCUT2D eigenvalue weighted by molar-refractivity contribution is 6.30. The number of benzene rings is 2. The van der Waals surface area contributed by atoms with Gasteiger partial charge in [-0.05, 0) is 60.1 Å². The number of halogens is 2. The smallest absolute Gasteiger partial charge is 0.0406 e. The molecule has 0 radical (unpaired) electrons. The van der Waals surface area contributed by atoms with Crippen LogP contribution in [-0.4, -0.2) is 24.5 Å². The molecule has 22 heavy (non-hydrogen) atoms. The Balaban J connectivity index is 2.35. The third-order valence-electron chi connectivity index (χ3n) is 3.71. The molecule has 1 nitrogen and oxygen atoms in total. The molecule has 0 amide bonds. The van der Waals surface area contributed by atoms with E-state index in [1.165, 1.54) is 11.1 Å². The fourth-order valence-electron chi connectivity index (χ4n) is 2.33. The molecule has 3 heteroatoms. The molecule has 0 atom stereocenters. The largest absolute Gasteiger partial charge is 0.300 e. The molecule has 0 aliphatic heterocycles. The molecular weight excluding hydrogens is 313 g/mol. The SMILES string of the molecule is CCN(CC)CC(=Cc1ccc(Cl)cc1)c1ccc(Cl)cc1. The third kappa shape index (κ3) is 4.88. The molecule has 0 aliphatic carbocycles. The number of hydrogen-bond acceptors (Lipinski definition) is 1. The Morgan fingerprint density at radius 1 is 0.864 bits per heavy atom. The van der Waals surface area contributed by atoms with Gasteiger partial charge in [0, 0.05) is 16.6 Å². The van der Waals surface area contributed by atoms with E-state index < -0.39 is 0 Å². The van der Waals surface area contributed by atoms with Crippen molar-refractivity contribution in [2.45, 2.75) is 13.8 Å². The van der Waals surface area contributed by atoms with E-state index >= 15 is 0 Å². The van der Waals surface area contributed by atoms with Gasteiger partial charge in [-0.15, -0.1) is 0 Å². The van der Waals surface area contributed by atoms with Gasteiger partial charge in [0.05, 0.1) is 0 Å². The van der Waals surface area contributed by atoms with Gasteiger partial charge in [0.1, 0.15) is 0 Å². The lowest BCUT2D eigenvalue weighted by Crippen LogP contribution is -2.24. The quantitative estimate of drug-likeness (QED) is 0.597. The predicted octanol–water partition coefficient (Wildman–Crippen LogP) is 5.88. The van der Waals surface area contributed by atoms with E-state index in [0.717, 1.165) is 35.2 Å². The normalized spacial score (nSPS) is 12.0. The van der Waals surface area contributed by atoms with Crippen LogP contribution in [-0.2, 0) is 0 Å². The Hall–Kier alpha value is -1.28. The van der Waals surface area contributed by atoms with Gasteiger partial charge in [-0.2, -0.15) is 0 Å². The van der Waals surface area contributed by atoms with E-state index in [4.69, 9.17) is 23.2 Å². The van der Waals surface area contributed by atoms with E-state index in [2.05, 4.69) is 37.0 Å². The maximum Gasteiger partial charge on any atom is 0.0406 e. The average Bonchev–Trinajstić information content (AvgIpc) is 2.54. The first-order valence-corrected chi connectivity index (χ1v) is 8.32. The lowest BCUT2D eigenvalue weighted by atomic mass is 10.0. The minimum Gasteiger partial charge on any atom is -0.300 e. The number of hydrogen-bond donors (Lipinski definition) is 0. The van der Waals surface area contributed by atoms with E-state index in [1.807, 2.05) is 36.4 Å². The summed E-state index contributed by atoms with van der Waals surface area (Å²) in [4.78, 5) is 2.40. The van der Waals surface area contributed by atoms with Gasteiger partial charge in [0.25, 0.3) is 0 Å². The second-order valence-corrected chi connectivity index (χ2v) is 6.06. The highest BCUT2D eigenvalue weighted by Crippen LogP contribution is 2.22. The van der Waals surface area contributed by atoms with Crippen LogP contribution in [0.3, 0.4) is 0 Å². The molecule has 0 N–H and O–H groups in total. The topological polar surface area (TPSA) is 3.24 Å². The minimum atomic E-state index is 0.758. The van der Waals surface area contributed by atoms with Crippen LogP contribution in [0, 0.1) is 0 Å². The fourth-order valence-corrected chi connectivity index (χ4v) is 2.58. The second-order valence-electron chi connectivity index (χ2n) is 5.19. The zero-order chi connectivity index (χ0) is 15.9. The highest BCUT2D eigenvalue weighted by Gasteiger charge is 2.07. The Bertz CT molecular complexity index is 611. The van der Waals surface area contributed by atoms with E-state index in [0.29, 0.717) is 0 Å². The maximum absolute atomic E-state index is 6.01. The average molecular weight is 334 g/mol. The minimum absolute atomic E-state index is 0.758. The second kappa shape index (κ2) is 8.38. The standard InChI is InChI=1S/C19H21Cl2N/c1-3-22(4-2)14-17(16-7-11-19(21)12-8-16)13-15-5-9-18(20)10-6-15/h5-13H,3-4,14H2,1-2H3. The van der Waals surface area contributed by atoms with Crippen molar-refractivity contribution in [2.24, 2.45) is 0 Å². The highest BCUT2D eigenvalue weighted by atomic mass is 35.5. The van der Waals surface area contributed by atoms with Crippen molar-refractivity contribution in [3.8, 4) is 0 Å². The van der Waals surface area contributed by atoms with Crippen LogP contribution in [0.4, 0.5) is 0 Å².